The molecule has 8 nitrogen and oxygen atoms in total. The van der Waals surface area contributed by atoms with Crippen molar-refractivity contribution in [1.29, 1.82) is 0 Å². The number of hydrogen-bond acceptors (Lipinski definition) is 6. The molecule has 0 aliphatic carbocycles. The molecule has 1 N–H and O–H groups in total. The Morgan fingerprint density at radius 2 is 1.89 bits per heavy atom. The van der Waals surface area contributed by atoms with Crippen molar-refractivity contribution < 1.29 is 31.6 Å². The van der Waals surface area contributed by atoms with Crippen LogP contribution >= 0.6 is 0 Å². The summed E-state index contributed by atoms with van der Waals surface area (Å²) in [7, 11) is -2.67. The number of aryl methyl sites for hydroxylation is 1. The third-order valence-corrected chi connectivity index (χ3v) is 5.42. The van der Waals surface area contributed by atoms with Gasteiger partial charge in [-0.15, -0.1) is 0 Å². The Bertz CT molecular complexity index is 966. The molecule has 0 aliphatic heterocycles. The highest BCUT2D eigenvalue weighted by Crippen LogP contribution is 2.29. The van der Waals surface area contributed by atoms with Crippen molar-refractivity contribution >= 4 is 15.7 Å². The number of sulfonamides is 1. The number of rotatable bonds is 9. The number of nitrogens with zero attached hydrogens (tertiary/aromatic N) is 1. The number of alkyl halides is 2. The lowest BCUT2D eigenvalue weighted by atomic mass is 10.1. The van der Waals surface area contributed by atoms with Crippen molar-refractivity contribution in [1.82, 2.24) is 4.72 Å². The molecule has 0 aliphatic rings. The van der Waals surface area contributed by atoms with Crippen LogP contribution in [0.15, 0.2) is 41.3 Å². The SMILES string of the molecule is COc1cc(CCNS(=O)(=O)c2cc([N+](=O)[O-])ccc2C)ccc1OC(F)F. The van der Waals surface area contributed by atoms with Gasteiger partial charge in [0, 0.05) is 18.7 Å². The third-order valence-electron chi connectivity index (χ3n) is 3.82. The van der Waals surface area contributed by atoms with Crippen LogP contribution < -0.4 is 14.2 Å². The van der Waals surface area contributed by atoms with Gasteiger partial charge in [0.25, 0.3) is 5.69 Å². The number of halogens is 2. The van der Waals surface area contributed by atoms with E-state index in [9.17, 15) is 27.3 Å². The van der Waals surface area contributed by atoms with E-state index in [1.807, 2.05) is 0 Å². The fraction of sp³-hybridized carbons (Fsp3) is 0.294. The zero-order valence-electron chi connectivity index (χ0n) is 15.0. The molecule has 0 saturated carbocycles. The molecule has 11 heteroatoms. The average Bonchev–Trinajstić information content (AvgIpc) is 2.62. The summed E-state index contributed by atoms with van der Waals surface area (Å²) in [5.41, 5.74) is 0.663. The quantitative estimate of drug-likeness (QED) is 0.497. The van der Waals surface area contributed by atoms with E-state index >= 15 is 0 Å². The lowest BCUT2D eigenvalue weighted by molar-refractivity contribution is -0.385. The zero-order valence-corrected chi connectivity index (χ0v) is 15.8. The minimum atomic E-state index is -3.97. The smallest absolute Gasteiger partial charge is 0.387 e. The predicted molar refractivity (Wildman–Crippen MR) is 96.4 cm³/mol. The molecule has 0 spiro atoms. The Morgan fingerprint density at radius 1 is 1.18 bits per heavy atom. The van der Waals surface area contributed by atoms with E-state index in [1.54, 1.807) is 0 Å². The first-order chi connectivity index (χ1) is 13.1. The van der Waals surface area contributed by atoms with Crippen LogP contribution in [0.1, 0.15) is 11.1 Å². The Labute approximate surface area is 160 Å². The van der Waals surface area contributed by atoms with Crippen LogP contribution in [0.2, 0.25) is 0 Å². The highest BCUT2D eigenvalue weighted by atomic mass is 32.2. The molecule has 152 valence electrons. The number of benzene rings is 2. The van der Waals surface area contributed by atoms with Crippen LogP contribution in [0.25, 0.3) is 0 Å². The molecule has 0 heterocycles. The van der Waals surface area contributed by atoms with Crippen LogP contribution in [0.4, 0.5) is 14.5 Å². The zero-order chi connectivity index (χ0) is 20.9. The van der Waals surface area contributed by atoms with Crippen molar-refractivity contribution in [2.75, 3.05) is 13.7 Å². The summed E-state index contributed by atoms with van der Waals surface area (Å²) in [6, 6.07) is 7.86. The first-order valence-electron chi connectivity index (χ1n) is 8.00. The molecule has 0 aromatic heterocycles. The van der Waals surface area contributed by atoms with Gasteiger partial charge in [0.1, 0.15) is 0 Å². The maximum Gasteiger partial charge on any atom is 0.387 e. The monoisotopic (exact) mass is 416 g/mol. The molecule has 0 amide bonds. The number of methoxy groups -OCH3 is 1. The van der Waals surface area contributed by atoms with Crippen molar-refractivity contribution in [3.63, 3.8) is 0 Å². The van der Waals surface area contributed by atoms with Gasteiger partial charge < -0.3 is 9.47 Å². The minimum absolute atomic E-state index is 0.0112. The standard InChI is InChI=1S/C17H18F2N2O6S/c1-11-3-5-13(21(22)23)10-16(11)28(24,25)20-8-7-12-4-6-14(27-17(18)19)15(9-12)26-2/h3-6,9-10,17,20H,7-8H2,1-2H3. The van der Waals surface area contributed by atoms with Gasteiger partial charge >= 0.3 is 6.61 Å². The maximum atomic E-state index is 12.5. The van der Waals surface area contributed by atoms with Crippen molar-refractivity contribution in [3.8, 4) is 11.5 Å². The number of nitro benzene ring substituents is 1. The number of ether oxygens (including phenoxy) is 2. The van der Waals surface area contributed by atoms with E-state index in [-0.39, 0.29) is 35.0 Å². The highest BCUT2D eigenvalue weighted by Gasteiger charge is 2.20. The summed E-state index contributed by atoms with van der Waals surface area (Å²) in [5.74, 6) is -0.0377. The molecule has 2 aromatic rings. The summed E-state index contributed by atoms with van der Waals surface area (Å²) in [4.78, 5) is 10.0. The van der Waals surface area contributed by atoms with Crippen molar-refractivity contribution in [2.45, 2.75) is 24.9 Å². The van der Waals surface area contributed by atoms with Gasteiger partial charge in [-0.05, 0) is 36.6 Å². The molecular formula is C17H18F2N2O6S. The molecule has 2 rings (SSSR count). The summed E-state index contributed by atoms with van der Waals surface area (Å²) >= 11 is 0. The topological polar surface area (TPSA) is 108 Å². The second kappa shape index (κ2) is 8.93. The fourth-order valence-electron chi connectivity index (χ4n) is 2.46. The second-order valence-corrected chi connectivity index (χ2v) is 7.45. The maximum absolute atomic E-state index is 12.5. The van der Waals surface area contributed by atoms with E-state index in [4.69, 9.17) is 4.74 Å². The summed E-state index contributed by atoms with van der Waals surface area (Å²) < 4.78 is 61.3. The molecule has 0 radical (unpaired) electrons. The van der Waals surface area contributed by atoms with Crippen LogP contribution in [-0.2, 0) is 16.4 Å². The third kappa shape index (κ3) is 5.36. The normalized spacial score (nSPS) is 11.5. The van der Waals surface area contributed by atoms with Gasteiger partial charge in [-0.1, -0.05) is 12.1 Å². The van der Waals surface area contributed by atoms with E-state index in [0.717, 1.165) is 6.07 Å². The van der Waals surface area contributed by atoms with Crippen molar-refractivity contribution in [2.24, 2.45) is 0 Å². The molecular weight excluding hydrogens is 398 g/mol. The van der Waals surface area contributed by atoms with Gasteiger partial charge in [-0.3, -0.25) is 10.1 Å². The first kappa shape index (κ1) is 21.5. The Kier molecular flexibility index (Phi) is 6.86. The predicted octanol–water partition coefficient (Wildman–Crippen LogP) is 3.03. The Morgan fingerprint density at radius 3 is 2.50 bits per heavy atom. The first-order valence-corrected chi connectivity index (χ1v) is 9.49. The summed E-state index contributed by atoms with van der Waals surface area (Å²) in [5, 5.41) is 10.9. The molecule has 28 heavy (non-hydrogen) atoms. The number of nitro groups is 1. The lowest BCUT2D eigenvalue weighted by Crippen LogP contribution is -2.26. The largest absolute Gasteiger partial charge is 0.493 e. The highest BCUT2D eigenvalue weighted by molar-refractivity contribution is 7.89. The second-order valence-electron chi connectivity index (χ2n) is 5.72. The van der Waals surface area contributed by atoms with Crippen LogP contribution in [0.3, 0.4) is 0 Å². The van der Waals surface area contributed by atoms with E-state index < -0.39 is 21.6 Å². The molecule has 0 fully saturated rings. The van der Waals surface area contributed by atoms with Gasteiger partial charge in [-0.25, -0.2) is 13.1 Å². The van der Waals surface area contributed by atoms with Gasteiger partial charge in [0.05, 0.1) is 16.9 Å². The summed E-state index contributed by atoms with van der Waals surface area (Å²) in [6.07, 6.45) is 0.235. The van der Waals surface area contributed by atoms with Crippen molar-refractivity contribution in [3.05, 3.63) is 57.6 Å². The molecule has 0 bridgehead atoms. The van der Waals surface area contributed by atoms with Crippen LogP contribution in [0, 0.1) is 17.0 Å². The average molecular weight is 416 g/mol. The minimum Gasteiger partial charge on any atom is -0.493 e. The van der Waals surface area contributed by atoms with Gasteiger partial charge in [0.15, 0.2) is 11.5 Å². The van der Waals surface area contributed by atoms with E-state index in [2.05, 4.69) is 9.46 Å². The summed E-state index contributed by atoms with van der Waals surface area (Å²) in [6.45, 7) is -1.47. The van der Waals surface area contributed by atoms with Gasteiger partial charge in [-0.2, -0.15) is 8.78 Å². The fourth-order valence-corrected chi connectivity index (χ4v) is 3.75. The molecule has 0 saturated heterocycles. The number of nitrogens with one attached hydrogen (secondary N) is 1. The molecule has 2 aromatic carbocycles. The van der Waals surface area contributed by atoms with Crippen LogP contribution in [0.5, 0.6) is 11.5 Å². The lowest BCUT2D eigenvalue weighted by Gasteiger charge is -2.12. The van der Waals surface area contributed by atoms with Gasteiger partial charge in [0.2, 0.25) is 10.0 Å². The molecule has 0 atom stereocenters. The Hall–Kier alpha value is -2.79. The Balaban J connectivity index is 2.10. The van der Waals surface area contributed by atoms with E-state index in [0.29, 0.717) is 11.1 Å². The van der Waals surface area contributed by atoms with Crippen LogP contribution in [-0.4, -0.2) is 33.6 Å². The number of non-ortho nitro benzene ring substituents is 1. The number of hydrogen-bond donors (Lipinski definition) is 1. The van der Waals surface area contributed by atoms with E-state index in [1.165, 1.54) is 44.4 Å². The molecule has 0 unspecified atom stereocenters.